The highest BCUT2D eigenvalue weighted by molar-refractivity contribution is 4.88. The van der Waals surface area contributed by atoms with Crippen molar-refractivity contribution in [2.45, 2.75) is 31.7 Å². The molecular formula is C10H19NO. The van der Waals surface area contributed by atoms with Crippen LogP contribution in [0.3, 0.4) is 0 Å². The molecular weight excluding hydrogens is 150 g/mol. The van der Waals surface area contributed by atoms with Gasteiger partial charge in [0.2, 0.25) is 0 Å². The Kier molecular flexibility index (Phi) is 2.66. The summed E-state index contributed by atoms with van der Waals surface area (Å²) in [6, 6.07) is 0.817. The van der Waals surface area contributed by atoms with Crippen molar-refractivity contribution in [1.29, 1.82) is 0 Å². The molecule has 0 spiro atoms. The van der Waals surface area contributed by atoms with Crippen molar-refractivity contribution in [3.8, 4) is 0 Å². The fourth-order valence-corrected chi connectivity index (χ4v) is 2.47. The summed E-state index contributed by atoms with van der Waals surface area (Å²) >= 11 is 0. The molecule has 1 saturated carbocycles. The summed E-state index contributed by atoms with van der Waals surface area (Å²) in [5, 5.41) is 3.34. The van der Waals surface area contributed by atoms with E-state index in [1.54, 1.807) is 0 Å². The van der Waals surface area contributed by atoms with Crippen LogP contribution in [0.25, 0.3) is 0 Å². The maximum Gasteiger partial charge on any atom is 0.0468 e. The Labute approximate surface area is 74.7 Å². The van der Waals surface area contributed by atoms with Gasteiger partial charge in [0.1, 0.15) is 0 Å². The van der Waals surface area contributed by atoms with Gasteiger partial charge in [-0.25, -0.2) is 0 Å². The highest BCUT2D eigenvalue weighted by Crippen LogP contribution is 2.38. The predicted molar refractivity (Wildman–Crippen MR) is 49.1 cm³/mol. The quantitative estimate of drug-likeness (QED) is 0.675. The zero-order valence-corrected chi connectivity index (χ0v) is 7.88. The molecule has 2 heteroatoms. The maximum atomic E-state index is 5.36. The molecule has 70 valence electrons. The summed E-state index contributed by atoms with van der Waals surface area (Å²) < 4.78 is 5.36. The molecule has 1 heterocycles. The first kappa shape index (κ1) is 8.52. The first-order valence-electron chi connectivity index (χ1n) is 5.15. The average molecular weight is 169 g/mol. The molecule has 1 aliphatic carbocycles. The summed E-state index contributed by atoms with van der Waals surface area (Å²) in [5.41, 5.74) is 0. The van der Waals surface area contributed by atoms with Crippen LogP contribution in [0.15, 0.2) is 0 Å². The first-order chi connectivity index (χ1) is 5.90. The second kappa shape index (κ2) is 3.75. The third kappa shape index (κ3) is 1.64. The van der Waals surface area contributed by atoms with Gasteiger partial charge in [-0.3, -0.25) is 0 Å². The van der Waals surface area contributed by atoms with Gasteiger partial charge in [0.15, 0.2) is 0 Å². The molecule has 2 fully saturated rings. The minimum absolute atomic E-state index is 0.817. The molecule has 2 rings (SSSR count). The van der Waals surface area contributed by atoms with Crippen LogP contribution in [-0.2, 0) is 4.74 Å². The van der Waals surface area contributed by atoms with Gasteiger partial charge in [0, 0.05) is 19.3 Å². The van der Waals surface area contributed by atoms with Crippen LogP contribution in [0.4, 0.5) is 0 Å². The number of rotatable bonds is 2. The second-order valence-electron chi connectivity index (χ2n) is 4.17. The van der Waals surface area contributed by atoms with Crippen LogP contribution in [0.1, 0.15) is 25.7 Å². The van der Waals surface area contributed by atoms with E-state index in [-0.39, 0.29) is 0 Å². The summed E-state index contributed by atoms with van der Waals surface area (Å²) in [6.45, 7) is 2.01. The van der Waals surface area contributed by atoms with Crippen molar-refractivity contribution in [1.82, 2.24) is 5.32 Å². The maximum absolute atomic E-state index is 5.36. The van der Waals surface area contributed by atoms with Gasteiger partial charge in [0.25, 0.3) is 0 Å². The zero-order valence-electron chi connectivity index (χ0n) is 7.88. The first-order valence-corrected chi connectivity index (χ1v) is 5.15. The van der Waals surface area contributed by atoms with Crippen molar-refractivity contribution in [2.75, 3.05) is 20.3 Å². The number of nitrogens with one attached hydrogen (secondary N) is 1. The van der Waals surface area contributed by atoms with Gasteiger partial charge in [-0.2, -0.15) is 0 Å². The minimum Gasteiger partial charge on any atom is -0.381 e. The van der Waals surface area contributed by atoms with Crippen LogP contribution in [0.5, 0.6) is 0 Å². The van der Waals surface area contributed by atoms with E-state index in [0.29, 0.717) is 0 Å². The molecule has 0 amide bonds. The summed E-state index contributed by atoms with van der Waals surface area (Å²) in [7, 11) is 2.07. The van der Waals surface area contributed by atoms with E-state index in [4.69, 9.17) is 4.74 Å². The molecule has 2 aliphatic rings. The molecule has 0 bridgehead atoms. The van der Waals surface area contributed by atoms with Crippen LogP contribution < -0.4 is 5.32 Å². The third-order valence-corrected chi connectivity index (χ3v) is 3.52. The summed E-state index contributed by atoms with van der Waals surface area (Å²) in [4.78, 5) is 0. The fourth-order valence-electron chi connectivity index (χ4n) is 2.47. The highest BCUT2D eigenvalue weighted by atomic mass is 16.5. The standard InChI is InChI=1S/C10H19NO/c1-11-10-6-9(7-10)8-2-4-12-5-3-8/h8-11H,2-7H2,1H3. The molecule has 12 heavy (non-hydrogen) atoms. The molecule has 1 aliphatic heterocycles. The van der Waals surface area contributed by atoms with Crippen molar-refractivity contribution >= 4 is 0 Å². The predicted octanol–water partition coefficient (Wildman–Crippen LogP) is 1.41. The van der Waals surface area contributed by atoms with Crippen LogP contribution in [0, 0.1) is 11.8 Å². The SMILES string of the molecule is CNC1CC(C2CCOCC2)C1. The molecule has 2 nitrogen and oxygen atoms in total. The van der Waals surface area contributed by atoms with Gasteiger partial charge in [-0.15, -0.1) is 0 Å². The monoisotopic (exact) mass is 169 g/mol. The number of hydrogen-bond donors (Lipinski definition) is 1. The van der Waals surface area contributed by atoms with E-state index in [1.807, 2.05) is 0 Å². The van der Waals surface area contributed by atoms with E-state index >= 15 is 0 Å². The summed E-state index contributed by atoms with van der Waals surface area (Å²) in [6.07, 6.45) is 5.42. The fraction of sp³-hybridized carbons (Fsp3) is 1.00. The lowest BCUT2D eigenvalue weighted by Gasteiger charge is -2.41. The average Bonchev–Trinajstić information content (AvgIpc) is 2.04. The molecule has 0 atom stereocenters. The lowest BCUT2D eigenvalue weighted by molar-refractivity contribution is 0.0213. The Morgan fingerprint density at radius 2 is 1.75 bits per heavy atom. The topological polar surface area (TPSA) is 21.3 Å². The van der Waals surface area contributed by atoms with Crippen LogP contribution >= 0.6 is 0 Å². The van der Waals surface area contributed by atoms with Gasteiger partial charge >= 0.3 is 0 Å². The van der Waals surface area contributed by atoms with Gasteiger partial charge in [0.05, 0.1) is 0 Å². The van der Waals surface area contributed by atoms with Crippen LogP contribution in [-0.4, -0.2) is 26.3 Å². The Bertz CT molecular complexity index is 137. The Balaban J connectivity index is 1.72. The smallest absolute Gasteiger partial charge is 0.0468 e. The van der Waals surface area contributed by atoms with Crippen molar-refractivity contribution in [3.63, 3.8) is 0 Å². The van der Waals surface area contributed by atoms with Gasteiger partial charge in [-0.05, 0) is 44.6 Å². The molecule has 0 aromatic carbocycles. The largest absolute Gasteiger partial charge is 0.381 e. The van der Waals surface area contributed by atoms with Crippen molar-refractivity contribution in [3.05, 3.63) is 0 Å². The minimum atomic E-state index is 0.817. The van der Waals surface area contributed by atoms with E-state index in [0.717, 1.165) is 31.1 Å². The van der Waals surface area contributed by atoms with E-state index in [1.165, 1.54) is 25.7 Å². The Morgan fingerprint density at radius 1 is 1.08 bits per heavy atom. The molecule has 0 radical (unpaired) electrons. The molecule has 0 aromatic heterocycles. The normalized spacial score (nSPS) is 37.8. The lowest BCUT2D eigenvalue weighted by atomic mass is 9.70. The summed E-state index contributed by atoms with van der Waals surface area (Å²) in [5.74, 6) is 1.98. The van der Waals surface area contributed by atoms with Crippen molar-refractivity contribution in [2.24, 2.45) is 11.8 Å². The lowest BCUT2D eigenvalue weighted by Crippen LogP contribution is -2.43. The molecule has 1 saturated heterocycles. The Morgan fingerprint density at radius 3 is 2.33 bits per heavy atom. The zero-order chi connectivity index (χ0) is 8.39. The number of ether oxygens (including phenoxy) is 1. The third-order valence-electron chi connectivity index (χ3n) is 3.52. The Hall–Kier alpha value is -0.0800. The van der Waals surface area contributed by atoms with E-state index in [2.05, 4.69) is 12.4 Å². The van der Waals surface area contributed by atoms with Crippen LogP contribution in [0.2, 0.25) is 0 Å². The van der Waals surface area contributed by atoms with Gasteiger partial charge < -0.3 is 10.1 Å². The molecule has 1 N–H and O–H groups in total. The van der Waals surface area contributed by atoms with Gasteiger partial charge in [-0.1, -0.05) is 0 Å². The van der Waals surface area contributed by atoms with E-state index in [9.17, 15) is 0 Å². The van der Waals surface area contributed by atoms with E-state index < -0.39 is 0 Å². The molecule has 0 aromatic rings. The number of hydrogen-bond acceptors (Lipinski definition) is 2. The second-order valence-corrected chi connectivity index (χ2v) is 4.17. The molecule has 0 unspecified atom stereocenters. The van der Waals surface area contributed by atoms with Crippen molar-refractivity contribution < 1.29 is 4.74 Å². The highest BCUT2D eigenvalue weighted by Gasteiger charge is 2.34.